The van der Waals surface area contributed by atoms with Gasteiger partial charge < -0.3 is 5.32 Å². The summed E-state index contributed by atoms with van der Waals surface area (Å²) >= 11 is 0. The van der Waals surface area contributed by atoms with Crippen LogP contribution in [0.15, 0.2) is 12.3 Å². The first-order valence-corrected chi connectivity index (χ1v) is 8.23. The summed E-state index contributed by atoms with van der Waals surface area (Å²) in [5, 5.41) is 8.42. The molecule has 2 fully saturated rings. The maximum atomic E-state index is 4.83. The highest BCUT2D eigenvalue weighted by atomic mass is 15.3. The van der Waals surface area contributed by atoms with Crippen LogP contribution in [0.2, 0.25) is 0 Å². The van der Waals surface area contributed by atoms with E-state index in [0.717, 1.165) is 19.6 Å². The average molecular weight is 276 g/mol. The third-order valence-electron chi connectivity index (χ3n) is 4.63. The Kier molecular flexibility index (Phi) is 4.41. The van der Waals surface area contributed by atoms with Crippen molar-refractivity contribution in [3.05, 3.63) is 18.0 Å². The van der Waals surface area contributed by atoms with Crippen LogP contribution >= 0.6 is 0 Å². The lowest BCUT2D eigenvalue weighted by molar-refractivity contribution is 0.164. The number of aromatic nitrogens is 2. The molecule has 0 radical (unpaired) electrons. The Morgan fingerprint density at radius 3 is 2.55 bits per heavy atom. The maximum absolute atomic E-state index is 4.83. The van der Waals surface area contributed by atoms with E-state index < -0.39 is 0 Å². The molecule has 2 unspecified atom stereocenters. The van der Waals surface area contributed by atoms with Crippen LogP contribution in [-0.4, -0.2) is 39.9 Å². The summed E-state index contributed by atoms with van der Waals surface area (Å²) in [7, 11) is 0. The second-order valence-corrected chi connectivity index (χ2v) is 6.74. The molecule has 1 aliphatic heterocycles. The summed E-state index contributed by atoms with van der Waals surface area (Å²) in [5.74, 6) is 0. The highest BCUT2D eigenvalue weighted by Gasteiger charge is 2.22. The molecule has 0 spiro atoms. The summed E-state index contributed by atoms with van der Waals surface area (Å²) in [6.45, 7) is 7.78. The molecule has 4 nitrogen and oxygen atoms in total. The number of piperazine rings is 1. The summed E-state index contributed by atoms with van der Waals surface area (Å²) in [6.07, 6.45) is 8.95. The molecular formula is C16H28N4. The monoisotopic (exact) mass is 276 g/mol. The van der Waals surface area contributed by atoms with Crippen LogP contribution in [0.1, 0.15) is 57.7 Å². The van der Waals surface area contributed by atoms with Gasteiger partial charge in [0.1, 0.15) is 0 Å². The third kappa shape index (κ3) is 3.41. The van der Waals surface area contributed by atoms with Gasteiger partial charge in [0.05, 0.1) is 11.7 Å². The topological polar surface area (TPSA) is 33.1 Å². The quantitative estimate of drug-likeness (QED) is 0.921. The van der Waals surface area contributed by atoms with Crippen molar-refractivity contribution in [2.75, 3.05) is 13.1 Å². The Bertz CT molecular complexity index is 412. The third-order valence-corrected chi connectivity index (χ3v) is 4.63. The molecule has 2 atom stereocenters. The molecule has 1 aromatic heterocycles. The van der Waals surface area contributed by atoms with Gasteiger partial charge in [-0.1, -0.05) is 19.3 Å². The molecule has 3 rings (SSSR count). The molecule has 4 heteroatoms. The van der Waals surface area contributed by atoms with Gasteiger partial charge in [0.2, 0.25) is 0 Å². The molecule has 2 aliphatic rings. The minimum Gasteiger partial charge on any atom is -0.309 e. The SMILES string of the molecule is CC1CN(Cc2ccn(C3CCCCC3)n2)CC(C)N1. The van der Waals surface area contributed by atoms with E-state index in [4.69, 9.17) is 5.10 Å². The first-order chi connectivity index (χ1) is 9.70. The van der Waals surface area contributed by atoms with E-state index in [1.807, 2.05) is 0 Å². The van der Waals surface area contributed by atoms with E-state index in [9.17, 15) is 0 Å². The van der Waals surface area contributed by atoms with Crippen molar-refractivity contribution in [1.29, 1.82) is 0 Å². The number of nitrogens with zero attached hydrogens (tertiary/aromatic N) is 3. The summed E-state index contributed by atoms with van der Waals surface area (Å²) in [5.41, 5.74) is 1.23. The molecular weight excluding hydrogens is 248 g/mol. The normalized spacial score (nSPS) is 29.7. The fraction of sp³-hybridized carbons (Fsp3) is 0.812. The van der Waals surface area contributed by atoms with E-state index in [2.05, 4.69) is 41.0 Å². The van der Waals surface area contributed by atoms with Crippen molar-refractivity contribution in [3.8, 4) is 0 Å². The second-order valence-electron chi connectivity index (χ2n) is 6.74. The van der Waals surface area contributed by atoms with E-state index in [-0.39, 0.29) is 0 Å². The lowest BCUT2D eigenvalue weighted by Crippen LogP contribution is -2.53. The van der Waals surface area contributed by atoms with Crippen molar-refractivity contribution in [2.24, 2.45) is 0 Å². The minimum absolute atomic E-state index is 0.583. The first kappa shape index (κ1) is 14.1. The van der Waals surface area contributed by atoms with Gasteiger partial charge in [-0.05, 0) is 32.8 Å². The maximum Gasteiger partial charge on any atom is 0.0764 e. The highest BCUT2D eigenvalue weighted by molar-refractivity contribution is 5.01. The fourth-order valence-corrected chi connectivity index (χ4v) is 3.81. The van der Waals surface area contributed by atoms with Gasteiger partial charge >= 0.3 is 0 Å². The molecule has 0 aromatic carbocycles. The molecule has 1 saturated heterocycles. The van der Waals surface area contributed by atoms with Gasteiger partial charge in [0.25, 0.3) is 0 Å². The van der Waals surface area contributed by atoms with Crippen molar-refractivity contribution in [1.82, 2.24) is 20.0 Å². The lowest BCUT2D eigenvalue weighted by Gasteiger charge is -2.35. The van der Waals surface area contributed by atoms with Crippen LogP contribution in [0, 0.1) is 0 Å². The Balaban J connectivity index is 1.59. The molecule has 1 N–H and O–H groups in total. The van der Waals surface area contributed by atoms with Crippen molar-refractivity contribution in [2.45, 2.75) is 70.6 Å². The van der Waals surface area contributed by atoms with Gasteiger partial charge in [-0.2, -0.15) is 5.10 Å². The predicted octanol–water partition coefficient (Wildman–Crippen LogP) is 2.57. The highest BCUT2D eigenvalue weighted by Crippen LogP contribution is 2.27. The zero-order chi connectivity index (χ0) is 13.9. The molecule has 1 aliphatic carbocycles. The molecule has 20 heavy (non-hydrogen) atoms. The van der Waals surface area contributed by atoms with Crippen LogP contribution in [-0.2, 0) is 6.54 Å². The molecule has 2 heterocycles. The number of hydrogen-bond acceptors (Lipinski definition) is 3. The van der Waals surface area contributed by atoms with E-state index in [1.54, 1.807) is 0 Å². The summed E-state index contributed by atoms with van der Waals surface area (Å²) in [6, 6.07) is 4.03. The molecule has 112 valence electrons. The minimum atomic E-state index is 0.583. The molecule has 0 bridgehead atoms. The molecule has 1 aromatic rings. The Hall–Kier alpha value is -0.870. The van der Waals surface area contributed by atoms with Gasteiger partial charge in [-0.15, -0.1) is 0 Å². The lowest BCUT2D eigenvalue weighted by atomic mass is 9.96. The Labute approximate surface area is 122 Å². The number of hydrogen-bond donors (Lipinski definition) is 1. The predicted molar refractivity (Wildman–Crippen MR) is 81.7 cm³/mol. The van der Waals surface area contributed by atoms with Crippen molar-refractivity contribution >= 4 is 0 Å². The van der Waals surface area contributed by atoms with E-state index in [1.165, 1.54) is 37.8 Å². The van der Waals surface area contributed by atoms with Gasteiger partial charge in [-0.3, -0.25) is 9.58 Å². The first-order valence-electron chi connectivity index (χ1n) is 8.23. The van der Waals surface area contributed by atoms with Crippen LogP contribution in [0.5, 0.6) is 0 Å². The van der Waals surface area contributed by atoms with Crippen LogP contribution in [0.4, 0.5) is 0 Å². The molecule has 1 saturated carbocycles. The van der Waals surface area contributed by atoms with Gasteiger partial charge in [0, 0.05) is 37.9 Å². The smallest absolute Gasteiger partial charge is 0.0764 e. The van der Waals surface area contributed by atoms with E-state index in [0.29, 0.717) is 18.1 Å². The van der Waals surface area contributed by atoms with Gasteiger partial charge in [-0.25, -0.2) is 0 Å². The standard InChI is InChI=1S/C16H28N4/c1-13-10-19(11-14(2)17-13)12-15-8-9-20(18-15)16-6-4-3-5-7-16/h8-9,13-14,16-17H,3-7,10-12H2,1-2H3. The number of nitrogens with one attached hydrogen (secondary N) is 1. The van der Waals surface area contributed by atoms with Crippen LogP contribution in [0.3, 0.4) is 0 Å². The van der Waals surface area contributed by atoms with E-state index >= 15 is 0 Å². The van der Waals surface area contributed by atoms with Crippen molar-refractivity contribution < 1.29 is 0 Å². The zero-order valence-corrected chi connectivity index (χ0v) is 12.9. The summed E-state index contributed by atoms with van der Waals surface area (Å²) < 4.78 is 2.23. The van der Waals surface area contributed by atoms with Crippen molar-refractivity contribution in [3.63, 3.8) is 0 Å². The Morgan fingerprint density at radius 1 is 1.15 bits per heavy atom. The van der Waals surface area contributed by atoms with Gasteiger partial charge in [0.15, 0.2) is 0 Å². The average Bonchev–Trinajstić information content (AvgIpc) is 2.87. The second kappa shape index (κ2) is 6.27. The fourth-order valence-electron chi connectivity index (χ4n) is 3.81. The number of rotatable bonds is 3. The summed E-state index contributed by atoms with van der Waals surface area (Å²) in [4.78, 5) is 2.53. The van der Waals surface area contributed by atoms with Crippen LogP contribution in [0.25, 0.3) is 0 Å². The Morgan fingerprint density at radius 2 is 1.85 bits per heavy atom. The largest absolute Gasteiger partial charge is 0.309 e. The zero-order valence-electron chi connectivity index (χ0n) is 12.9. The van der Waals surface area contributed by atoms with Crippen LogP contribution < -0.4 is 5.32 Å². The molecule has 0 amide bonds.